The van der Waals surface area contributed by atoms with Gasteiger partial charge in [-0.3, -0.25) is 9.59 Å². The number of alkyl halides is 10. The minimum atomic E-state index is -6.70. The highest BCUT2D eigenvalue weighted by atomic mass is 79.9. The summed E-state index contributed by atoms with van der Waals surface area (Å²) in [5.41, 5.74) is -13.7. The highest BCUT2D eigenvalue weighted by Crippen LogP contribution is 2.54. The van der Waals surface area contributed by atoms with E-state index in [1.165, 1.54) is 18.3 Å². The van der Waals surface area contributed by atoms with Crippen molar-refractivity contribution in [2.75, 3.05) is 9.24 Å². The van der Waals surface area contributed by atoms with Crippen molar-refractivity contribution in [3.63, 3.8) is 0 Å². The van der Waals surface area contributed by atoms with Crippen LogP contribution in [0.3, 0.4) is 0 Å². The van der Waals surface area contributed by atoms with Crippen LogP contribution in [0.2, 0.25) is 5.15 Å². The Kier molecular flexibility index (Phi) is 8.66. The molecule has 5 nitrogen and oxygen atoms in total. The molecule has 0 fully saturated rings. The molecule has 0 aliphatic carbocycles. The van der Waals surface area contributed by atoms with Crippen molar-refractivity contribution in [3.8, 4) is 0 Å². The van der Waals surface area contributed by atoms with Crippen LogP contribution in [0.25, 0.3) is 0 Å². The van der Waals surface area contributed by atoms with Crippen molar-refractivity contribution in [3.05, 3.63) is 88.0 Å². The van der Waals surface area contributed by atoms with Gasteiger partial charge in [0.2, 0.25) is 0 Å². The Morgan fingerprint density at radius 1 is 0.878 bits per heavy atom. The molecule has 3 aromatic rings. The van der Waals surface area contributed by atoms with Gasteiger partial charge >= 0.3 is 24.2 Å². The van der Waals surface area contributed by atoms with Crippen LogP contribution < -0.4 is 9.24 Å². The number of anilines is 2. The summed E-state index contributed by atoms with van der Waals surface area (Å²) in [6, 6.07) is 3.64. The van der Waals surface area contributed by atoms with E-state index in [0.717, 1.165) is 6.07 Å². The second-order valence-electron chi connectivity index (χ2n) is 7.96. The molecular formula is C23H10BrClF11N3O2. The summed E-state index contributed by atoms with van der Waals surface area (Å²) >= 11 is 8.25. The molecule has 0 saturated heterocycles. The first-order chi connectivity index (χ1) is 18.7. The number of pyridine rings is 1. The third kappa shape index (κ3) is 6.24. The normalized spacial score (nSPS) is 12.7. The van der Waals surface area contributed by atoms with E-state index in [1.807, 2.05) is 0 Å². The predicted molar refractivity (Wildman–Crippen MR) is 126 cm³/mol. The Balaban J connectivity index is 2.04. The maximum atomic E-state index is 14.4. The number of rotatable bonds is 5. The standard InChI is InChI=1S/C23H10BrClF11N3O2/c24-39(16-6-4-11(9-13(16)21(28,29)30)20(27,22(31,32)33)23(34,35)36)19(41)10-3-5-14(26)15(8-10)38-18(40)12-2-1-7-37-17(12)25/h1-9H,(H,38,40). The van der Waals surface area contributed by atoms with Crippen LogP contribution in [0, 0.1) is 5.82 Å². The lowest BCUT2D eigenvalue weighted by atomic mass is 9.92. The van der Waals surface area contributed by atoms with Gasteiger partial charge in [-0.05, 0) is 42.5 Å². The zero-order chi connectivity index (χ0) is 31.1. The highest BCUT2D eigenvalue weighted by molar-refractivity contribution is 9.10. The third-order valence-electron chi connectivity index (χ3n) is 5.34. The molecule has 220 valence electrons. The smallest absolute Gasteiger partial charge is 0.319 e. The van der Waals surface area contributed by atoms with Crippen LogP contribution in [0.4, 0.5) is 59.7 Å². The summed E-state index contributed by atoms with van der Waals surface area (Å²) in [5.74, 6) is -3.56. The average molecular weight is 685 g/mol. The molecule has 18 heteroatoms. The van der Waals surface area contributed by atoms with Gasteiger partial charge in [0.25, 0.3) is 11.8 Å². The molecule has 2 amide bonds. The molecule has 0 unspecified atom stereocenters. The van der Waals surface area contributed by atoms with Gasteiger partial charge in [-0.15, -0.1) is 0 Å². The van der Waals surface area contributed by atoms with Gasteiger partial charge in [0.1, 0.15) is 11.0 Å². The van der Waals surface area contributed by atoms with Crippen molar-refractivity contribution in [2.45, 2.75) is 24.2 Å². The molecule has 0 atom stereocenters. The van der Waals surface area contributed by atoms with E-state index in [1.54, 1.807) is 0 Å². The maximum absolute atomic E-state index is 14.4. The van der Waals surface area contributed by atoms with Crippen LogP contribution in [0.1, 0.15) is 31.8 Å². The first-order valence-corrected chi connectivity index (χ1v) is 11.5. The van der Waals surface area contributed by atoms with Crippen LogP contribution >= 0.6 is 27.7 Å². The Bertz CT molecular complexity index is 1480. The molecule has 1 heterocycles. The fraction of sp³-hybridized carbons (Fsp3) is 0.174. The van der Waals surface area contributed by atoms with E-state index in [0.29, 0.717) is 12.1 Å². The number of nitrogens with zero attached hydrogens (tertiary/aromatic N) is 2. The van der Waals surface area contributed by atoms with E-state index in [2.05, 4.69) is 26.4 Å². The SMILES string of the molecule is O=C(Nc1cc(C(=O)N(Br)c2ccc(C(F)(C(F)(F)F)C(F)(F)F)cc2C(F)(F)F)ccc1F)c1cccnc1Cl. The average Bonchev–Trinajstić information content (AvgIpc) is 2.86. The van der Waals surface area contributed by atoms with Gasteiger partial charge in [-0.2, -0.15) is 39.5 Å². The molecule has 0 spiro atoms. The first kappa shape index (κ1) is 32.0. The molecule has 41 heavy (non-hydrogen) atoms. The minimum absolute atomic E-state index is 0.00246. The molecule has 0 aliphatic heterocycles. The lowest BCUT2D eigenvalue weighted by Gasteiger charge is -2.31. The van der Waals surface area contributed by atoms with Crippen molar-refractivity contribution in [1.29, 1.82) is 0 Å². The van der Waals surface area contributed by atoms with E-state index in [9.17, 15) is 57.9 Å². The van der Waals surface area contributed by atoms with Gasteiger partial charge < -0.3 is 5.32 Å². The second-order valence-corrected chi connectivity index (χ2v) is 9.03. The van der Waals surface area contributed by atoms with Gasteiger partial charge in [-0.1, -0.05) is 17.7 Å². The number of aromatic nitrogens is 1. The van der Waals surface area contributed by atoms with E-state index in [-0.39, 0.29) is 26.8 Å². The molecule has 0 saturated carbocycles. The summed E-state index contributed by atoms with van der Waals surface area (Å²) in [6.45, 7) is 0. The van der Waals surface area contributed by atoms with Gasteiger partial charge in [-0.25, -0.2) is 17.7 Å². The summed E-state index contributed by atoms with van der Waals surface area (Å²) < 4.78 is 148. The van der Waals surface area contributed by atoms with Crippen molar-refractivity contribution in [1.82, 2.24) is 4.98 Å². The molecule has 0 aliphatic rings. The third-order valence-corrected chi connectivity index (χ3v) is 6.34. The molecule has 1 aromatic heterocycles. The lowest BCUT2D eigenvalue weighted by Crippen LogP contribution is -2.50. The second kappa shape index (κ2) is 11.1. The first-order valence-electron chi connectivity index (χ1n) is 10.5. The fourth-order valence-corrected chi connectivity index (χ4v) is 4.08. The van der Waals surface area contributed by atoms with E-state index in [4.69, 9.17) is 11.6 Å². The number of nitrogens with one attached hydrogen (secondary N) is 1. The van der Waals surface area contributed by atoms with Crippen molar-refractivity contribution >= 4 is 50.9 Å². The number of amides is 2. The van der Waals surface area contributed by atoms with Gasteiger partial charge in [0.05, 0.1) is 38.6 Å². The maximum Gasteiger partial charge on any atom is 0.435 e. The molecule has 1 N–H and O–H groups in total. The fourth-order valence-electron chi connectivity index (χ4n) is 3.36. The topological polar surface area (TPSA) is 62.3 Å². The lowest BCUT2D eigenvalue weighted by molar-refractivity contribution is -0.348. The Hall–Kier alpha value is -3.47. The number of carbonyl (C=O) groups excluding carboxylic acids is 2. The number of halogens is 13. The number of hydrogen-bond acceptors (Lipinski definition) is 3. The summed E-state index contributed by atoms with van der Waals surface area (Å²) in [7, 11) is 0. The molecular weight excluding hydrogens is 675 g/mol. The van der Waals surface area contributed by atoms with E-state index < -0.39 is 76.0 Å². The summed E-state index contributed by atoms with van der Waals surface area (Å²) in [4.78, 5) is 29.0. The minimum Gasteiger partial charge on any atom is -0.319 e. The van der Waals surface area contributed by atoms with E-state index >= 15 is 0 Å². The Morgan fingerprint density at radius 3 is 2.02 bits per heavy atom. The van der Waals surface area contributed by atoms with Gasteiger partial charge in [0.15, 0.2) is 0 Å². The quantitative estimate of drug-likeness (QED) is 0.167. The predicted octanol–water partition coefficient (Wildman–Crippen LogP) is 8.39. The van der Waals surface area contributed by atoms with Crippen LogP contribution in [0.5, 0.6) is 0 Å². The summed E-state index contributed by atoms with van der Waals surface area (Å²) in [6.07, 6.45) is -17.9. The number of benzene rings is 2. The monoisotopic (exact) mass is 683 g/mol. The zero-order valence-electron chi connectivity index (χ0n) is 19.3. The number of carbonyl (C=O) groups is 2. The summed E-state index contributed by atoms with van der Waals surface area (Å²) in [5, 5.41) is 1.79. The largest absolute Gasteiger partial charge is 0.435 e. The highest BCUT2D eigenvalue weighted by Gasteiger charge is 2.73. The van der Waals surface area contributed by atoms with Crippen molar-refractivity contribution in [2.24, 2.45) is 0 Å². The number of hydrogen-bond donors (Lipinski definition) is 1. The zero-order valence-corrected chi connectivity index (χ0v) is 21.7. The van der Waals surface area contributed by atoms with Crippen molar-refractivity contribution < 1.29 is 57.9 Å². The van der Waals surface area contributed by atoms with Gasteiger partial charge in [0, 0.05) is 17.3 Å². The van der Waals surface area contributed by atoms with Crippen LogP contribution in [-0.4, -0.2) is 29.2 Å². The molecule has 3 rings (SSSR count). The molecule has 0 bridgehead atoms. The Labute approximate surface area is 235 Å². The van der Waals surface area contributed by atoms with Crippen LogP contribution in [0.15, 0.2) is 54.7 Å². The van der Waals surface area contributed by atoms with Crippen LogP contribution in [-0.2, 0) is 11.8 Å². The molecule has 2 aromatic carbocycles. The Morgan fingerprint density at radius 2 is 1.49 bits per heavy atom. The molecule has 0 radical (unpaired) electrons.